The van der Waals surface area contributed by atoms with Gasteiger partial charge in [-0.25, -0.2) is 4.98 Å². The summed E-state index contributed by atoms with van der Waals surface area (Å²) in [6.45, 7) is 0. The second-order valence-electron chi connectivity index (χ2n) is 5.52. The van der Waals surface area contributed by atoms with Gasteiger partial charge in [0.15, 0.2) is 5.58 Å². The Hall–Kier alpha value is -3.20. The summed E-state index contributed by atoms with van der Waals surface area (Å²) in [4.78, 5) is 9.27. The van der Waals surface area contributed by atoms with Gasteiger partial charge < -0.3 is 4.42 Å². The van der Waals surface area contributed by atoms with E-state index in [2.05, 4.69) is 23.2 Å². The van der Waals surface area contributed by atoms with Gasteiger partial charge in [0.25, 0.3) is 0 Å². The number of hydrogen-bond donors (Lipinski definition) is 0. The van der Waals surface area contributed by atoms with E-state index in [0.29, 0.717) is 0 Å². The molecule has 0 amide bonds. The minimum absolute atomic E-state index is 0.782. The van der Waals surface area contributed by atoms with Crippen molar-refractivity contribution in [3.63, 3.8) is 0 Å². The molecule has 3 nitrogen and oxygen atoms in total. The van der Waals surface area contributed by atoms with E-state index >= 15 is 0 Å². The van der Waals surface area contributed by atoms with Crippen molar-refractivity contribution in [2.24, 2.45) is 0 Å². The van der Waals surface area contributed by atoms with E-state index in [1.165, 1.54) is 0 Å². The van der Waals surface area contributed by atoms with Gasteiger partial charge in [-0.3, -0.25) is 4.98 Å². The van der Waals surface area contributed by atoms with E-state index in [9.17, 15) is 0 Å². The summed E-state index contributed by atoms with van der Waals surface area (Å²) in [6.07, 6.45) is 1.82. The van der Waals surface area contributed by atoms with E-state index in [-0.39, 0.29) is 0 Å². The molecule has 23 heavy (non-hydrogen) atoms. The molecule has 0 bridgehead atoms. The first kappa shape index (κ1) is 12.4. The first-order valence-electron chi connectivity index (χ1n) is 7.52. The predicted molar refractivity (Wildman–Crippen MR) is 92.3 cm³/mol. The number of benzene rings is 2. The minimum Gasteiger partial charge on any atom is -0.454 e. The van der Waals surface area contributed by atoms with Crippen molar-refractivity contribution in [1.29, 1.82) is 0 Å². The lowest BCUT2D eigenvalue weighted by atomic mass is 10.1. The number of furan rings is 1. The number of rotatable bonds is 1. The van der Waals surface area contributed by atoms with Gasteiger partial charge in [0.2, 0.25) is 0 Å². The summed E-state index contributed by atoms with van der Waals surface area (Å²) in [7, 11) is 0. The maximum absolute atomic E-state index is 6.05. The molecule has 108 valence electrons. The topological polar surface area (TPSA) is 38.9 Å². The Morgan fingerprint density at radius 1 is 0.739 bits per heavy atom. The van der Waals surface area contributed by atoms with E-state index in [4.69, 9.17) is 9.40 Å². The van der Waals surface area contributed by atoms with E-state index in [0.717, 1.165) is 44.2 Å². The summed E-state index contributed by atoms with van der Waals surface area (Å²) >= 11 is 0. The van der Waals surface area contributed by atoms with Crippen LogP contribution in [-0.4, -0.2) is 9.97 Å². The Balaban J connectivity index is 1.84. The van der Waals surface area contributed by atoms with Crippen LogP contribution >= 0.6 is 0 Å². The third kappa shape index (κ3) is 1.83. The highest BCUT2D eigenvalue weighted by molar-refractivity contribution is 6.08. The summed E-state index contributed by atoms with van der Waals surface area (Å²) in [5, 5.41) is 3.29. The molecule has 0 N–H and O–H groups in total. The zero-order chi connectivity index (χ0) is 15.2. The molecule has 0 saturated carbocycles. The van der Waals surface area contributed by atoms with Gasteiger partial charge in [0.1, 0.15) is 11.3 Å². The molecule has 0 aliphatic carbocycles. The summed E-state index contributed by atoms with van der Waals surface area (Å²) in [6, 6.07) is 22.2. The van der Waals surface area contributed by atoms with Crippen LogP contribution in [0.25, 0.3) is 44.2 Å². The van der Waals surface area contributed by atoms with Crippen LogP contribution in [0.3, 0.4) is 0 Å². The molecular formula is C20H12N2O. The zero-order valence-corrected chi connectivity index (χ0v) is 12.2. The molecule has 0 atom stereocenters. The van der Waals surface area contributed by atoms with Crippen LogP contribution in [0.15, 0.2) is 77.3 Å². The molecule has 5 rings (SSSR count). The minimum atomic E-state index is 0.782. The number of para-hydroxylation sites is 2. The molecule has 2 aromatic carbocycles. The van der Waals surface area contributed by atoms with Gasteiger partial charge in [-0.1, -0.05) is 42.5 Å². The number of nitrogens with zero attached hydrogens (tertiary/aromatic N) is 2. The molecule has 3 heterocycles. The van der Waals surface area contributed by atoms with Gasteiger partial charge in [-0.05, 0) is 24.3 Å². The Labute approximate surface area is 132 Å². The van der Waals surface area contributed by atoms with Crippen molar-refractivity contribution >= 4 is 32.8 Å². The van der Waals surface area contributed by atoms with Crippen molar-refractivity contribution in [1.82, 2.24) is 9.97 Å². The lowest BCUT2D eigenvalue weighted by molar-refractivity contribution is 0.668. The molecule has 3 heteroatoms. The standard InChI is InChI=1S/C20H12N2O/c1-3-7-16-13(5-1)9-10-17(22-16)19-20-15(11-12-21-19)14-6-2-4-8-18(14)23-20/h1-12H. The van der Waals surface area contributed by atoms with Gasteiger partial charge in [-0.2, -0.15) is 0 Å². The van der Waals surface area contributed by atoms with Gasteiger partial charge in [0.05, 0.1) is 11.2 Å². The fourth-order valence-corrected chi connectivity index (χ4v) is 3.03. The van der Waals surface area contributed by atoms with Crippen LogP contribution in [0.2, 0.25) is 0 Å². The lowest BCUT2D eigenvalue weighted by Gasteiger charge is -2.03. The fourth-order valence-electron chi connectivity index (χ4n) is 3.03. The van der Waals surface area contributed by atoms with Gasteiger partial charge in [-0.15, -0.1) is 0 Å². The smallest absolute Gasteiger partial charge is 0.163 e. The summed E-state index contributed by atoms with van der Waals surface area (Å²) in [5.41, 5.74) is 4.23. The predicted octanol–water partition coefficient (Wildman–Crippen LogP) is 5.20. The molecule has 0 aliphatic rings. The molecule has 0 fully saturated rings. The van der Waals surface area contributed by atoms with Crippen molar-refractivity contribution in [3.05, 3.63) is 72.9 Å². The molecule has 0 radical (unpaired) electrons. The molecule has 0 aliphatic heterocycles. The molecule has 0 saturated heterocycles. The monoisotopic (exact) mass is 296 g/mol. The van der Waals surface area contributed by atoms with E-state index < -0.39 is 0 Å². The third-order valence-electron chi connectivity index (χ3n) is 4.13. The number of hydrogen-bond acceptors (Lipinski definition) is 3. The summed E-state index contributed by atoms with van der Waals surface area (Å²) < 4.78 is 6.05. The fraction of sp³-hybridized carbons (Fsp3) is 0. The first-order chi connectivity index (χ1) is 11.4. The molecule has 0 unspecified atom stereocenters. The Kier molecular flexibility index (Phi) is 2.50. The van der Waals surface area contributed by atoms with Crippen LogP contribution < -0.4 is 0 Å². The van der Waals surface area contributed by atoms with Crippen molar-refractivity contribution in [2.75, 3.05) is 0 Å². The largest absolute Gasteiger partial charge is 0.454 e. The van der Waals surface area contributed by atoms with Crippen LogP contribution in [0.4, 0.5) is 0 Å². The second kappa shape index (κ2) is 4.65. The Bertz CT molecular complexity index is 1170. The third-order valence-corrected chi connectivity index (χ3v) is 4.13. The van der Waals surface area contributed by atoms with Gasteiger partial charge >= 0.3 is 0 Å². The highest BCUT2D eigenvalue weighted by Gasteiger charge is 2.14. The Morgan fingerprint density at radius 2 is 1.61 bits per heavy atom. The summed E-state index contributed by atoms with van der Waals surface area (Å²) in [5.74, 6) is 0. The van der Waals surface area contributed by atoms with E-state index in [1.54, 1.807) is 0 Å². The second-order valence-corrected chi connectivity index (χ2v) is 5.52. The van der Waals surface area contributed by atoms with Gasteiger partial charge in [0, 0.05) is 22.4 Å². The molecule has 5 aromatic rings. The maximum atomic E-state index is 6.05. The lowest BCUT2D eigenvalue weighted by Crippen LogP contribution is -1.88. The normalized spacial score (nSPS) is 11.5. The van der Waals surface area contributed by atoms with E-state index in [1.807, 2.05) is 54.7 Å². The molecule has 0 spiro atoms. The average molecular weight is 296 g/mol. The van der Waals surface area contributed by atoms with Crippen LogP contribution in [0.1, 0.15) is 0 Å². The number of fused-ring (bicyclic) bond motifs is 4. The van der Waals surface area contributed by atoms with Crippen LogP contribution in [0.5, 0.6) is 0 Å². The SMILES string of the molecule is c1ccc2nc(-c3nccc4c3oc3ccccc34)ccc2c1. The number of aromatic nitrogens is 2. The van der Waals surface area contributed by atoms with Crippen LogP contribution in [0, 0.1) is 0 Å². The van der Waals surface area contributed by atoms with Crippen molar-refractivity contribution < 1.29 is 4.42 Å². The highest BCUT2D eigenvalue weighted by atomic mass is 16.3. The Morgan fingerprint density at radius 3 is 2.61 bits per heavy atom. The van der Waals surface area contributed by atoms with Crippen LogP contribution in [-0.2, 0) is 0 Å². The highest BCUT2D eigenvalue weighted by Crippen LogP contribution is 2.33. The van der Waals surface area contributed by atoms with Crippen molar-refractivity contribution in [3.8, 4) is 11.4 Å². The average Bonchev–Trinajstić information content (AvgIpc) is 3.00. The first-order valence-corrected chi connectivity index (χ1v) is 7.52. The molecule has 3 aromatic heterocycles. The number of pyridine rings is 2. The van der Waals surface area contributed by atoms with Crippen molar-refractivity contribution in [2.45, 2.75) is 0 Å². The quantitative estimate of drug-likeness (QED) is 0.427. The maximum Gasteiger partial charge on any atom is 0.163 e. The zero-order valence-electron chi connectivity index (χ0n) is 12.2. The molecular weight excluding hydrogens is 284 g/mol.